The second-order valence-electron chi connectivity index (χ2n) is 4.34. The number of anilines is 1. The number of ether oxygens (including phenoxy) is 2. The Balaban J connectivity index is 2.00. The van der Waals surface area contributed by atoms with Gasteiger partial charge in [0.2, 0.25) is 0 Å². The first-order chi connectivity index (χ1) is 10.6. The van der Waals surface area contributed by atoms with Gasteiger partial charge < -0.3 is 14.8 Å². The minimum Gasteiger partial charge on any atom is -0.497 e. The molecule has 2 rings (SSSR count). The average Bonchev–Trinajstić information content (AvgIpc) is 2.55. The molecule has 2 aromatic rings. The van der Waals surface area contributed by atoms with Crippen molar-refractivity contribution in [1.82, 2.24) is 5.32 Å². The summed E-state index contributed by atoms with van der Waals surface area (Å²) in [6.45, 7) is 0. The van der Waals surface area contributed by atoms with E-state index < -0.39 is 0 Å². The number of amides is 1. The summed E-state index contributed by atoms with van der Waals surface area (Å²) >= 11 is 5.15. The Morgan fingerprint density at radius 2 is 1.68 bits per heavy atom. The van der Waals surface area contributed by atoms with Gasteiger partial charge in [0.15, 0.2) is 5.11 Å². The SMILES string of the molecule is COc1ccc(C(=O)NC(=S)Nc2ccccc2OC)cc1. The van der Waals surface area contributed by atoms with Crippen LogP contribution in [0.1, 0.15) is 10.4 Å². The van der Waals surface area contributed by atoms with Crippen LogP contribution in [0.3, 0.4) is 0 Å². The maximum Gasteiger partial charge on any atom is 0.257 e. The number of nitrogens with one attached hydrogen (secondary N) is 2. The van der Waals surface area contributed by atoms with Gasteiger partial charge in [-0.1, -0.05) is 12.1 Å². The van der Waals surface area contributed by atoms with E-state index in [-0.39, 0.29) is 11.0 Å². The summed E-state index contributed by atoms with van der Waals surface area (Å²) in [4.78, 5) is 12.1. The zero-order chi connectivity index (χ0) is 15.9. The Morgan fingerprint density at radius 3 is 2.32 bits per heavy atom. The van der Waals surface area contributed by atoms with Gasteiger partial charge in [-0.3, -0.25) is 10.1 Å². The molecule has 0 saturated carbocycles. The molecule has 0 saturated heterocycles. The normalized spacial score (nSPS) is 9.73. The molecule has 0 spiro atoms. The monoisotopic (exact) mass is 316 g/mol. The highest BCUT2D eigenvalue weighted by molar-refractivity contribution is 7.80. The Bertz CT molecular complexity index is 671. The van der Waals surface area contributed by atoms with Crippen LogP contribution >= 0.6 is 12.2 Å². The molecule has 2 aromatic carbocycles. The molecule has 0 unspecified atom stereocenters. The highest BCUT2D eigenvalue weighted by Crippen LogP contribution is 2.22. The minimum absolute atomic E-state index is 0.199. The van der Waals surface area contributed by atoms with Crippen molar-refractivity contribution >= 4 is 28.9 Å². The molecular formula is C16H16N2O3S. The van der Waals surface area contributed by atoms with Gasteiger partial charge in [-0.05, 0) is 48.6 Å². The Morgan fingerprint density at radius 1 is 1.00 bits per heavy atom. The molecule has 0 radical (unpaired) electrons. The largest absolute Gasteiger partial charge is 0.497 e. The Kier molecular flexibility index (Phi) is 5.32. The van der Waals surface area contributed by atoms with Gasteiger partial charge in [0, 0.05) is 5.56 Å². The molecule has 1 amide bonds. The lowest BCUT2D eigenvalue weighted by atomic mass is 10.2. The van der Waals surface area contributed by atoms with Crippen molar-refractivity contribution in [3.8, 4) is 11.5 Å². The standard InChI is InChI=1S/C16H16N2O3S/c1-20-12-9-7-11(8-10-12)15(19)18-16(22)17-13-5-3-4-6-14(13)21-2/h3-10H,1-2H3,(H2,17,18,19,22). The molecule has 0 bridgehead atoms. The first kappa shape index (κ1) is 15.8. The van der Waals surface area contributed by atoms with E-state index in [1.165, 1.54) is 0 Å². The lowest BCUT2D eigenvalue weighted by Crippen LogP contribution is -2.34. The number of hydrogen-bond donors (Lipinski definition) is 2. The molecule has 114 valence electrons. The van der Waals surface area contributed by atoms with Crippen molar-refractivity contribution in [3.63, 3.8) is 0 Å². The fourth-order valence-electron chi connectivity index (χ4n) is 1.82. The van der Waals surface area contributed by atoms with Gasteiger partial charge in [-0.2, -0.15) is 0 Å². The quantitative estimate of drug-likeness (QED) is 0.850. The van der Waals surface area contributed by atoms with E-state index in [0.29, 0.717) is 22.7 Å². The summed E-state index contributed by atoms with van der Waals surface area (Å²) in [7, 11) is 3.14. The number of benzene rings is 2. The van der Waals surface area contributed by atoms with Crippen molar-refractivity contribution in [2.24, 2.45) is 0 Å². The van der Waals surface area contributed by atoms with E-state index in [4.69, 9.17) is 21.7 Å². The topological polar surface area (TPSA) is 59.6 Å². The minimum atomic E-state index is -0.296. The summed E-state index contributed by atoms with van der Waals surface area (Å²) in [5, 5.41) is 5.75. The smallest absolute Gasteiger partial charge is 0.257 e. The van der Waals surface area contributed by atoms with Crippen LogP contribution in [0, 0.1) is 0 Å². The summed E-state index contributed by atoms with van der Waals surface area (Å²) in [6.07, 6.45) is 0. The van der Waals surface area contributed by atoms with Crippen molar-refractivity contribution < 1.29 is 14.3 Å². The zero-order valence-corrected chi connectivity index (χ0v) is 13.1. The third-order valence-electron chi connectivity index (χ3n) is 2.93. The molecular weight excluding hydrogens is 300 g/mol. The van der Waals surface area contributed by atoms with E-state index in [0.717, 1.165) is 0 Å². The number of methoxy groups -OCH3 is 2. The van der Waals surface area contributed by atoms with Crippen LogP contribution in [-0.2, 0) is 0 Å². The van der Waals surface area contributed by atoms with Gasteiger partial charge in [-0.25, -0.2) is 0 Å². The first-order valence-electron chi connectivity index (χ1n) is 6.53. The molecule has 5 nitrogen and oxygen atoms in total. The first-order valence-corrected chi connectivity index (χ1v) is 6.94. The highest BCUT2D eigenvalue weighted by Gasteiger charge is 2.09. The number of rotatable bonds is 4. The fourth-order valence-corrected chi connectivity index (χ4v) is 2.02. The molecule has 0 atom stereocenters. The molecule has 0 aliphatic heterocycles. The summed E-state index contributed by atoms with van der Waals surface area (Å²) in [6, 6.07) is 14.1. The van der Waals surface area contributed by atoms with Crippen molar-refractivity contribution in [2.75, 3.05) is 19.5 Å². The fraction of sp³-hybridized carbons (Fsp3) is 0.125. The number of carbonyl (C=O) groups is 1. The third-order valence-corrected chi connectivity index (χ3v) is 3.14. The van der Waals surface area contributed by atoms with E-state index in [2.05, 4.69) is 10.6 Å². The van der Waals surface area contributed by atoms with Crippen LogP contribution < -0.4 is 20.1 Å². The van der Waals surface area contributed by atoms with Gasteiger partial charge in [0.1, 0.15) is 11.5 Å². The number of para-hydroxylation sites is 2. The zero-order valence-electron chi connectivity index (χ0n) is 12.3. The van der Waals surface area contributed by atoms with Gasteiger partial charge in [-0.15, -0.1) is 0 Å². The van der Waals surface area contributed by atoms with Gasteiger partial charge >= 0.3 is 0 Å². The summed E-state index contributed by atoms with van der Waals surface area (Å²) in [5.41, 5.74) is 1.18. The second-order valence-corrected chi connectivity index (χ2v) is 4.75. The average molecular weight is 316 g/mol. The molecule has 0 aromatic heterocycles. The molecule has 6 heteroatoms. The molecule has 22 heavy (non-hydrogen) atoms. The van der Waals surface area contributed by atoms with Crippen LogP contribution in [0.25, 0.3) is 0 Å². The van der Waals surface area contributed by atoms with Crippen molar-refractivity contribution in [3.05, 3.63) is 54.1 Å². The van der Waals surface area contributed by atoms with Crippen molar-refractivity contribution in [1.29, 1.82) is 0 Å². The predicted octanol–water partition coefficient (Wildman–Crippen LogP) is 2.83. The van der Waals surface area contributed by atoms with E-state index in [1.807, 2.05) is 18.2 Å². The number of hydrogen-bond acceptors (Lipinski definition) is 4. The Hall–Kier alpha value is -2.60. The summed E-state index contributed by atoms with van der Waals surface area (Å²) in [5.74, 6) is 1.03. The van der Waals surface area contributed by atoms with Crippen LogP contribution in [0.2, 0.25) is 0 Å². The van der Waals surface area contributed by atoms with Crippen LogP contribution in [0.5, 0.6) is 11.5 Å². The summed E-state index contributed by atoms with van der Waals surface area (Å²) < 4.78 is 10.3. The van der Waals surface area contributed by atoms with Crippen LogP contribution in [0.4, 0.5) is 5.69 Å². The van der Waals surface area contributed by atoms with Gasteiger partial charge in [0.05, 0.1) is 19.9 Å². The van der Waals surface area contributed by atoms with Crippen molar-refractivity contribution in [2.45, 2.75) is 0 Å². The molecule has 2 N–H and O–H groups in total. The van der Waals surface area contributed by atoms with E-state index in [1.54, 1.807) is 44.6 Å². The molecule has 0 aliphatic carbocycles. The molecule has 0 heterocycles. The maximum atomic E-state index is 12.1. The molecule has 0 fully saturated rings. The predicted molar refractivity (Wildman–Crippen MR) is 89.7 cm³/mol. The van der Waals surface area contributed by atoms with Crippen LogP contribution in [-0.4, -0.2) is 25.2 Å². The van der Waals surface area contributed by atoms with Gasteiger partial charge in [0.25, 0.3) is 5.91 Å². The van der Waals surface area contributed by atoms with E-state index in [9.17, 15) is 4.79 Å². The number of thiocarbonyl (C=S) groups is 1. The molecule has 0 aliphatic rings. The Labute approximate surface area is 134 Å². The van der Waals surface area contributed by atoms with Crippen LogP contribution in [0.15, 0.2) is 48.5 Å². The lowest BCUT2D eigenvalue weighted by molar-refractivity contribution is 0.0977. The second kappa shape index (κ2) is 7.42. The third kappa shape index (κ3) is 3.95. The highest BCUT2D eigenvalue weighted by atomic mass is 32.1. The van der Waals surface area contributed by atoms with E-state index >= 15 is 0 Å². The lowest BCUT2D eigenvalue weighted by Gasteiger charge is -2.12. The number of carbonyl (C=O) groups excluding carboxylic acids is 1. The maximum absolute atomic E-state index is 12.1.